The molecule has 1 N–H and O–H groups in total. The zero-order chi connectivity index (χ0) is 18.3. The van der Waals surface area contributed by atoms with Gasteiger partial charge in [-0.2, -0.15) is 0 Å². The highest BCUT2D eigenvalue weighted by Gasteiger charge is 2.18. The van der Waals surface area contributed by atoms with Gasteiger partial charge in [-0.05, 0) is 26.0 Å². The molecule has 2 heterocycles. The van der Waals surface area contributed by atoms with Gasteiger partial charge in [-0.15, -0.1) is 0 Å². The van der Waals surface area contributed by atoms with E-state index in [1.807, 2.05) is 57.1 Å². The first-order valence-corrected chi connectivity index (χ1v) is 7.99. The summed E-state index contributed by atoms with van der Waals surface area (Å²) in [4.78, 5) is 26.5. The largest absolute Gasteiger partial charge is 0.507 e. The number of aromatic nitrogens is 1. The number of benzene rings is 1. The average Bonchev–Trinajstić information content (AvgIpc) is 2.53. The number of hydrogen-bond donors (Lipinski definition) is 1. The van der Waals surface area contributed by atoms with Crippen LogP contribution in [0.3, 0.4) is 0 Å². The lowest BCUT2D eigenvalue weighted by molar-refractivity contribution is 0.465. The molecule has 3 aromatic rings. The highest BCUT2D eigenvalue weighted by atomic mass is 16.4. The molecule has 2 aromatic heterocycles. The molecular formula is C19H20N2O4. The second-order valence-electron chi connectivity index (χ2n) is 6.43. The zero-order valence-corrected chi connectivity index (χ0v) is 14.6. The van der Waals surface area contributed by atoms with E-state index in [0.717, 1.165) is 17.3 Å². The van der Waals surface area contributed by atoms with Crippen LogP contribution in [-0.2, 0) is 0 Å². The number of pyridine rings is 1. The zero-order valence-electron chi connectivity index (χ0n) is 14.6. The standard InChI is InChI=1S/C19H20N2O4/c1-11(2)21-14(12-6-5-7-13(8-12)20(3)4)9-16-18(19(21)24)15(22)10-17(23)25-16/h5-11,22H,1-4H3. The van der Waals surface area contributed by atoms with Crippen LogP contribution in [0, 0.1) is 0 Å². The number of anilines is 1. The Balaban J connectivity index is 2.42. The van der Waals surface area contributed by atoms with Gasteiger partial charge in [-0.3, -0.25) is 4.79 Å². The van der Waals surface area contributed by atoms with Gasteiger partial charge in [-0.1, -0.05) is 12.1 Å². The topological polar surface area (TPSA) is 75.7 Å². The lowest BCUT2D eigenvalue weighted by Crippen LogP contribution is -2.24. The third kappa shape index (κ3) is 2.91. The highest BCUT2D eigenvalue weighted by Crippen LogP contribution is 2.29. The Morgan fingerprint density at radius 1 is 1.12 bits per heavy atom. The molecule has 0 aliphatic carbocycles. The predicted octanol–water partition coefficient (Wildman–Crippen LogP) is 2.97. The van der Waals surface area contributed by atoms with Crippen molar-refractivity contribution in [2.75, 3.05) is 19.0 Å². The van der Waals surface area contributed by atoms with E-state index < -0.39 is 5.63 Å². The molecule has 0 aliphatic rings. The molecule has 0 radical (unpaired) electrons. The van der Waals surface area contributed by atoms with Crippen molar-refractivity contribution in [2.24, 2.45) is 0 Å². The fourth-order valence-electron chi connectivity index (χ4n) is 2.92. The van der Waals surface area contributed by atoms with E-state index >= 15 is 0 Å². The van der Waals surface area contributed by atoms with Gasteiger partial charge < -0.3 is 19.0 Å². The fraction of sp³-hybridized carbons (Fsp3) is 0.263. The smallest absolute Gasteiger partial charge is 0.339 e. The third-order valence-corrected chi connectivity index (χ3v) is 4.10. The Bertz CT molecular complexity index is 1060. The summed E-state index contributed by atoms with van der Waals surface area (Å²) in [5, 5.41) is 10.1. The average molecular weight is 340 g/mol. The van der Waals surface area contributed by atoms with E-state index in [1.165, 1.54) is 0 Å². The summed E-state index contributed by atoms with van der Waals surface area (Å²) in [7, 11) is 3.87. The molecule has 0 bridgehead atoms. The van der Waals surface area contributed by atoms with Crippen LogP contribution in [0.5, 0.6) is 5.75 Å². The third-order valence-electron chi connectivity index (χ3n) is 4.10. The van der Waals surface area contributed by atoms with Gasteiger partial charge in [0.2, 0.25) is 0 Å². The molecule has 1 aromatic carbocycles. The maximum atomic E-state index is 12.9. The Labute approximate surface area is 144 Å². The molecule has 3 rings (SSSR count). The summed E-state index contributed by atoms with van der Waals surface area (Å²) in [5.74, 6) is -0.362. The van der Waals surface area contributed by atoms with E-state index in [2.05, 4.69) is 0 Å². The van der Waals surface area contributed by atoms with Crippen molar-refractivity contribution in [3.8, 4) is 17.0 Å². The van der Waals surface area contributed by atoms with Crippen LogP contribution >= 0.6 is 0 Å². The second-order valence-corrected chi connectivity index (χ2v) is 6.43. The predicted molar refractivity (Wildman–Crippen MR) is 98.6 cm³/mol. The highest BCUT2D eigenvalue weighted by molar-refractivity contribution is 5.85. The molecule has 6 nitrogen and oxygen atoms in total. The van der Waals surface area contributed by atoms with Crippen molar-refractivity contribution >= 4 is 16.7 Å². The van der Waals surface area contributed by atoms with E-state index in [9.17, 15) is 14.7 Å². The molecule has 0 amide bonds. The van der Waals surface area contributed by atoms with Crippen molar-refractivity contribution in [2.45, 2.75) is 19.9 Å². The van der Waals surface area contributed by atoms with Gasteiger partial charge in [0.05, 0.1) is 11.8 Å². The molecule has 0 fully saturated rings. The van der Waals surface area contributed by atoms with Crippen LogP contribution in [0.25, 0.3) is 22.2 Å². The van der Waals surface area contributed by atoms with Gasteiger partial charge in [0, 0.05) is 37.5 Å². The summed E-state index contributed by atoms with van der Waals surface area (Å²) in [6, 6.07) is 10.1. The Hall–Kier alpha value is -3.02. The number of fused-ring (bicyclic) bond motifs is 1. The van der Waals surface area contributed by atoms with Crippen LogP contribution in [0.15, 0.2) is 50.4 Å². The molecule has 25 heavy (non-hydrogen) atoms. The molecule has 0 saturated heterocycles. The van der Waals surface area contributed by atoms with Gasteiger partial charge in [0.1, 0.15) is 16.7 Å². The van der Waals surface area contributed by atoms with E-state index in [0.29, 0.717) is 5.69 Å². The van der Waals surface area contributed by atoms with Gasteiger partial charge >= 0.3 is 5.63 Å². The number of hydrogen-bond acceptors (Lipinski definition) is 5. The van der Waals surface area contributed by atoms with Crippen molar-refractivity contribution in [1.82, 2.24) is 4.57 Å². The summed E-state index contributed by atoms with van der Waals surface area (Å²) >= 11 is 0. The minimum Gasteiger partial charge on any atom is -0.507 e. The Morgan fingerprint density at radius 3 is 2.48 bits per heavy atom. The van der Waals surface area contributed by atoms with E-state index in [4.69, 9.17) is 4.42 Å². The maximum Gasteiger partial charge on any atom is 0.339 e. The summed E-state index contributed by atoms with van der Waals surface area (Å²) in [6.45, 7) is 3.78. The van der Waals surface area contributed by atoms with Crippen molar-refractivity contribution in [3.63, 3.8) is 0 Å². The summed E-state index contributed by atoms with van der Waals surface area (Å²) in [6.07, 6.45) is 0. The van der Waals surface area contributed by atoms with Crippen molar-refractivity contribution in [1.29, 1.82) is 0 Å². The number of rotatable bonds is 3. The molecule has 130 valence electrons. The molecule has 0 saturated carbocycles. The van der Waals surface area contributed by atoms with Crippen molar-refractivity contribution in [3.05, 3.63) is 57.2 Å². The first-order chi connectivity index (χ1) is 11.8. The minimum absolute atomic E-state index is 0.0146. The molecule has 0 spiro atoms. The van der Waals surface area contributed by atoms with E-state index in [-0.39, 0.29) is 28.3 Å². The lowest BCUT2D eigenvalue weighted by Gasteiger charge is -2.19. The number of aromatic hydroxyl groups is 1. The molecular weight excluding hydrogens is 320 g/mol. The lowest BCUT2D eigenvalue weighted by atomic mass is 10.1. The molecule has 0 unspecified atom stereocenters. The Morgan fingerprint density at radius 2 is 1.84 bits per heavy atom. The minimum atomic E-state index is -0.695. The Kier molecular flexibility index (Phi) is 4.12. The fourth-order valence-corrected chi connectivity index (χ4v) is 2.92. The molecule has 0 aliphatic heterocycles. The number of nitrogens with zero attached hydrogens (tertiary/aromatic N) is 2. The monoisotopic (exact) mass is 340 g/mol. The normalized spacial score (nSPS) is 11.2. The van der Waals surface area contributed by atoms with Crippen LogP contribution < -0.4 is 16.1 Å². The van der Waals surface area contributed by atoms with Crippen LogP contribution in [0.4, 0.5) is 5.69 Å². The molecule has 0 atom stereocenters. The quantitative estimate of drug-likeness (QED) is 0.793. The maximum absolute atomic E-state index is 12.9. The second kappa shape index (κ2) is 6.12. The van der Waals surface area contributed by atoms with Gasteiger partial charge in [-0.25, -0.2) is 4.79 Å². The van der Waals surface area contributed by atoms with Crippen molar-refractivity contribution < 1.29 is 9.52 Å². The van der Waals surface area contributed by atoms with Crippen LogP contribution in [0.1, 0.15) is 19.9 Å². The SMILES string of the molecule is CC(C)n1c(-c2cccc(N(C)C)c2)cc2oc(=O)cc(O)c2c1=O. The van der Waals surface area contributed by atoms with Crippen LogP contribution in [0.2, 0.25) is 0 Å². The van der Waals surface area contributed by atoms with Gasteiger partial charge in [0.15, 0.2) is 0 Å². The first-order valence-electron chi connectivity index (χ1n) is 7.99. The van der Waals surface area contributed by atoms with E-state index in [1.54, 1.807) is 10.6 Å². The first kappa shape index (κ1) is 16.8. The van der Waals surface area contributed by atoms with Crippen LogP contribution in [-0.4, -0.2) is 23.8 Å². The summed E-state index contributed by atoms with van der Waals surface area (Å²) in [5.41, 5.74) is 1.43. The van der Waals surface area contributed by atoms with Gasteiger partial charge in [0.25, 0.3) is 5.56 Å². The summed E-state index contributed by atoms with van der Waals surface area (Å²) < 4.78 is 6.75. The molecule has 6 heteroatoms.